The molecule has 0 saturated carbocycles. The molecule has 2 aromatic carbocycles. The monoisotopic (exact) mass is 385 g/mol. The van der Waals surface area contributed by atoms with Gasteiger partial charge in [0.1, 0.15) is 17.6 Å². The summed E-state index contributed by atoms with van der Waals surface area (Å²) in [5.74, 6) is 0.359. The summed E-state index contributed by atoms with van der Waals surface area (Å²) in [6.07, 6.45) is 0. The average molecular weight is 385 g/mol. The number of para-hydroxylation sites is 1. The van der Waals surface area contributed by atoms with Gasteiger partial charge in [-0.05, 0) is 43.3 Å². The number of amides is 2. The minimum atomic E-state index is -0.526. The summed E-state index contributed by atoms with van der Waals surface area (Å²) in [6, 6.07) is 16.0. The minimum absolute atomic E-state index is 0.145. The summed E-state index contributed by atoms with van der Waals surface area (Å²) in [6.45, 7) is 2.19. The molecule has 0 radical (unpaired) electrons. The summed E-state index contributed by atoms with van der Waals surface area (Å²) >= 11 is 1.34. The van der Waals surface area contributed by atoms with E-state index in [1.165, 1.54) is 11.8 Å². The lowest BCUT2D eigenvalue weighted by Crippen LogP contribution is -2.44. The molecular weight excluding hydrogens is 366 g/mol. The number of hydrazine groups is 1. The topological polar surface area (TPSA) is 100 Å². The first-order valence-electron chi connectivity index (χ1n) is 8.17. The number of ether oxygens (including phenoxy) is 2. The summed E-state index contributed by atoms with van der Waals surface area (Å²) in [4.78, 5) is 24.5. The van der Waals surface area contributed by atoms with Crippen molar-refractivity contribution in [1.82, 2.24) is 10.9 Å². The van der Waals surface area contributed by atoms with Crippen LogP contribution in [0.5, 0.6) is 11.5 Å². The number of hydrogen-bond acceptors (Lipinski definition) is 6. The fourth-order valence-electron chi connectivity index (χ4n) is 1.99. The highest BCUT2D eigenvalue weighted by Gasteiger charge is 2.08. The maximum atomic E-state index is 11.8. The van der Waals surface area contributed by atoms with E-state index in [1.807, 2.05) is 37.3 Å². The third kappa shape index (κ3) is 6.92. The number of rotatable bonds is 8. The molecule has 8 heteroatoms. The van der Waals surface area contributed by atoms with Crippen LogP contribution in [0.4, 0.5) is 0 Å². The van der Waals surface area contributed by atoms with Crippen molar-refractivity contribution in [3.8, 4) is 17.6 Å². The quantitative estimate of drug-likeness (QED) is 0.534. The molecular formula is C19H19N3O4S. The van der Waals surface area contributed by atoms with Crippen LogP contribution in [0.25, 0.3) is 0 Å². The van der Waals surface area contributed by atoms with Gasteiger partial charge in [0, 0.05) is 4.90 Å². The smallest absolute Gasteiger partial charge is 0.276 e. The van der Waals surface area contributed by atoms with Crippen LogP contribution in [0, 0.1) is 11.3 Å². The highest BCUT2D eigenvalue weighted by molar-refractivity contribution is 8.00. The van der Waals surface area contributed by atoms with Gasteiger partial charge in [0.2, 0.25) is 5.91 Å². The Morgan fingerprint density at radius 2 is 1.74 bits per heavy atom. The van der Waals surface area contributed by atoms with Crippen LogP contribution in [-0.2, 0) is 9.59 Å². The summed E-state index contributed by atoms with van der Waals surface area (Å²) in [5.41, 5.74) is 4.93. The second-order valence-electron chi connectivity index (χ2n) is 5.19. The molecule has 2 N–H and O–H groups in total. The van der Waals surface area contributed by atoms with E-state index in [1.54, 1.807) is 24.3 Å². The lowest BCUT2D eigenvalue weighted by atomic mass is 10.2. The van der Waals surface area contributed by atoms with E-state index in [-0.39, 0.29) is 18.3 Å². The standard InChI is InChI=1S/C19H19N3O4S/c1-2-25-15-7-9-16(10-8-15)27-13-19(24)22-21-18(23)12-26-17-6-4-3-5-14(17)11-20/h3-10H,2,12-13H2,1H3,(H,21,23)(H,22,24). The molecule has 2 aromatic rings. The van der Waals surface area contributed by atoms with Crippen molar-refractivity contribution in [1.29, 1.82) is 5.26 Å². The molecule has 0 aliphatic heterocycles. The van der Waals surface area contributed by atoms with E-state index in [4.69, 9.17) is 14.7 Å². The van der Waals surface area contributed by atoms with E-state index in [9.17, 15) is 9.59 Å². The molecule has 0 aliphatic carbocycles. The van der Waals surface area contributed by atoms with Crippen LogP contribution in [0.3, 0.4) is 0 Å². The summed E-state index contributed by atoms with van der Waals surface area (Å²) in [7, 11) is 0. The van der Waals surface area contributed by atoms with Gasteiger partial charge in [-0.15, -0.1) is 11.8 Å². The van der Waals surface area contributed by atoms with Crippen LogP contribution in [0.2, 0.25) is 0 Å². The summed E-state index contributed by atoms with van der Waals surface area (Å²) < 4.78 is 10.6. The number of carbonyl (C=O) groups excluding carboxylic acids is 2. The number of nitriles is 1. The van der Waals surface area contributed by atoms with Gasteiger partial charge in [-0.25, -0.2) is 0 Å². The highest BCUT2D eigenvalue weighted by Crippen LogP contribution is 2.21. The second-order valence-corrected chi connectivity index (χ2v) is 6.23. The minimum Gasteiger partial charge on any atom is -0.494 e. The Bertz CT molecular complexity index is 818. The lowest BCUT2D eigenvalue weighted by Gasteiger charge is -2.09. The fourth-order valence-corrected chi connectivity index (χ4v) is 2.69. The molecule has 140 valence electrons. The van der Waals surface area contributed by atoms with Crippen molar-refractivity contribution in [2.75, 3.05) is 19.0 Å². The molecule has 0 spiro atoms. The van der Waals surface area contributed by atoms with Gasteiger partial charge in [0.25, 0.3) is 5.91 Å². The van der Waals surface area contributed by atoms with Crippen molar-refractivity contribution in [2.45, 2.75) is 11.8 Å². The Kier molecular flexibility index (Phi) is 8.00. The van der Waals surface area contributed by atoms with Crippen LogP contribution in [0.1, 0.15) is 12.5 Å². The van der Waals surface area contributed by atoms with Crippen molar-refractivity contribution < 1.29 is 19.1 Å². The van der Waals surface area contributed by atoms with Crippen molar-refractivity contribution >= 4 is 23.6 Å². The molecule has 0 aliphatic rings. The van der Waals surface area contributed by atoms with Gasteiger partial charge in [0.15, 0.2) is 6.61 Å². The Labute approximate surface area is 161 Å². The van der Waals surface area contributed by atoms with E-state index in [0.717, 1.165) is 10.6 Å². The Morgan fingerprint density at radius 1 is 1.04 bits per heavy atom. The van der Waals surface area contributed by atoms with Crippen molar-refractivity contribution in [3.63, 3.8) is 0 Å². The lowest BCUT2D eigenvalue weighted by molar-refractivity contribution is -0.128. The van der Waals surface area contributed by atoms with Gasteiger partial charge in [-0.1, -0.05) is 12.1 Å². The summed E-state index contributed by atoms with van der Waals surface area (Å²) in [5, 5.41) is 8.96. The van der Waals surface area contributed by atoms with E-state index in [2.05, 4.69) is 10.9 Å². The Morgan fingerprint density at radius 3 is 2.44 bits per heavy atom. The normalized spacial score (nSPS) is 9.78. The first-order chi connectivity index (χ1) is 13.1. The van der Waals surface area contributed by atoms with Crippen LogP contribution in [0.15, 0.2) is 53.4 Å². The van der Waals surface area contributed by atoms with E-state index < -0.39 is 5.91 Å². The molecule has 0 bridgehead atoms. The Hall–Kier alpha value is -3.18. The van der Waals surface area contributed by atoms with Crippen LogP contribution < -0.4 is 20.3 Å². The molecule has 7 nitrogen and oxygen atoms in total. The van der Waals surface area contributed by atoms with Gasteiger partial charge >= 0.3 is 0 Å². The van der Waals surface area contributed by atoms with E-state index >= 15 is 0 Å². The number of nitrogens with zero attached hydrogens (tertiary/aromatic N) is 1. The molecule has 27 heavy (non-hydrogen) atoms. The highest BCUT2D eigenvalue weighted by atomic mass is 32.2. The van der Waals surface area contributed by atoms with Gasteiger partial charge in [-0.3, -0.25) is 20.4 Å². The predicted octanol–water partition coefficient (Wildman–Crippen LogP) is 2.28. The molecule has 2 amide bonds. The number of nitrogens with one attached hydrogen (secondary N) is 2. The number of hydrogen-bond donors (Lipinski definition) is 2. The maximum Gasteiger partial charge on any atom is 0.276 e. The number of thioether (sulfide) groups is 1. The third-order valence-corrected chi connectivity index (χ3v) is 4.22. The first kappa shape index (κ1) is 20.1. The number of carbonyl (C=O) groups is 2. The van der Waals surface area contributed by atoms with Gasteiger partial charge in [-0.2, -0.15) is 5.26 Å². The molecule has 0 unspecified atom stereocenters. The van der Waals surface area contributed by atoms with Crippen LogP contribution >= 0.6 is 11.8 Å². The van der Waals surface area contributed by atoms with E-state index in [0.29, 0.717) is 17.9 Å². The average Bonchev–Trinajstić information content (AvgIpc) is 2.70. The number of benzene rings is 2. The zero-order valence-electron chi connectivity index (χ0n) is 14.7. The fraction of sp³-hybridized carbons (Fsp3) is 0.211. The van der Waals surface area contributed by atoms with Crippen molar-refractivity contribution in [3.05, 3.63) is 54.1 Å². The molecule has 0 heterocycles. The second kappa shape index (κ2) is 10.7. The van der Waals surface area contributed by atoms with Gasteiger partial charge in [0.05, 0.1) is 17.9 Å². The van der Waals surface area contributed by atoms with Gasteiger partial charge < -0.3 is 9.47 Å². The predicted molar refractivity (Wildman–Crippen MR) is 101 cm³/mol. The molecule has 0 saturated heterocycles. The molecule has 2 rings (SSSR count). The largest absolute Gasteiger partial charge is 0.494 e. The van der Waals surface area contributed by atoms with Crippen molar-refractivity contribution in [2.24, 2.45) is 0 Å². The first-order valence-corrected chi connectivity index (χ1v) is 9.16. The molecule has 0 aromatic heterocycles. The maximum absolute atomic E-state index is 11.8. The zero-order chi connectivity index (χ0) is 19.5. The molecule has 0 fully saturated rings. The third-order valence-electron chi connectivity index (χ3n) is 3.21. The Balaban J connectivity index is 1.68. The van der Waals surface area contributed by atoms with Crippen LogP contribution in [-0.4, -0.2) is 30.8 Å². The molecule has 0 atom stereocenters. The SMILES string of the molecule is CCOc1ccc(SCC(=O)NNC(=O)COc2ccccc2C#N)cc1. The zero-order valence-corrected chi connectivity index (χ0v) is 15.5.